The van der Waals surface area contributed by atoms with Crippen LogP contribution in [-0.4, -0.2) is 25.0 Å². The molecule has 0 heterocycles. The maximum Gasteiger partial charge on any atom is 0.234 e. The molecule has 1 saturated carbocycles. The van der Waals surface area contributed by atoms with Crippen LogP contribution in [0.2, 0.25) is 0 Å². The van der Waals surface area contributed by atoms with Crippen LogP contribution in [0.4, 0.5) is 0 Å². The number of rotatable bonds is 4. The lowest BCUT2D eigenvalue weighted by Crippen LogP contribution is -2.45. The van der Waals surface area contributed by atoms with E-state index in [2.05, 4.69) is 24.5 Å². The summed E-state index contributed by atoms with van der Waals surface area (Å²) in [6, 6.07) is 0.369. The summed E-state index contributed by atoms with van der Waals surface area (Å²) in [5, 5.41) is 6.14. The smallest absolute Gasteiger partial charge is 0.234 e. The van der Waals surface area contributed by atoms with Gasteiger partial charge in [-0.05, 0) is 24.8 Å². The molecule has 0 bridgehead atoms. The highest BCUT2D eigenvalue weighted by Crippen LogP contribution is 2.36. The molecule has 0 aromatic heterocycles. The van der Waals surface area contributed by atoms with Crippen molar-refractivity contribution in [2.24, 2.45) is 5.41 Å². The predicted molar refractivity (Wildman–Crippen MR) is 58.1 cm³/mol. The first-order valence-corrected chi connectivity index (χ1v) is 5.56. The molecule has 0 radical (unpaired) electrons. The van der Waals surface area contributed by atoms with Gasteiger partial charge in [-0.3, -0.25) is 4.79 Å². The van der Waals surface area contributed by atoms with Gasteiger partial charge in [0.05, 0.1) is 6.54 Å². The van der Waals surface area contributed by atoms with E-state index in [1.165, 1.54) is 12.8 Å². The fourth-order valence-corrected chi connectivity index (χ4v) is 2.08. The van der Waals surface area contributed by atoms with Gasteiger partial charge < -0.3 is 10.6 Å². The molecule has 1 aliphatic rings. The van der Waals surface area contributed by atoms with E-state index >= 15 is 0 Å². The Morgan fingerprint density at radius 3 is 2.71 bits per heavy atom. The molecular weight excluding hydrogens is 176 g/mol. The first kappa shape index (κ1) is 11.5. The Bertz CT molecular complexity index is 201. The molecule has 3 nitrogen and oxygen atoms in total. The second-order valence-electron chi connectivity index (χ2n) is 4.78. The molecule has 2 N–H and O–H groups in total. The number of hydrogen-bond donors (Lipinski definition) is 2. The van der Waals surface area contributed by atoms with E-state index in [0.29, 0.717) is 12.6 Å². The normalized spacial score (nSPS) is 24.9. The molecule has 82 valence electrons. The molecule has 0 aliphatic heterocycles. The van der Waals surface area contributed by atoms with Crippen molar-refractivity contribution in [3.63, 3.8) is 0 Å². The van der Waals surface area contributed by atoms with Gasteiger partial charge in [-0.1, -0.05) is 27.2 Å². The SMILES string of the molecule is CCNCC(=O)NC1CCCC1(C)C. The summed E-state index contributed by atoms with van der Waals surface area (Å²) in [6.07, 6.45) is 3.59. The Morgan fingerprint density at radius 1 is 1.50 bits per heavy atom. The van der Waals surface area contributed by atoms with E-state index in [1.807, 2.05) is 6.92 Å². The van der Waals surface area contributed by atoms with Crippen molar-refractivity contribution in [3.05, 3.63) is 0 Å². The van der Waals surface area contributed by atoms with Gasteiger partial charge in [0.2, 0.25) is 5.91 Å². The summed E-state index contributed by atoms with van der Waals surface area (Å²) in [6.45, 7) is 7.77. The lowest BCUT2D eigenvalue weighted by atomic mass is 9.87. The average molecular weight is 198 g/mol. The first-order valence-electron chi connectivity index (χ1n) is 5.56. The number of carbonyl (C=O) groups excluding carboxylic acids is 1. The van der Waals surface area contributed by atoms with Crippen molar-refractivity contribution in [2.75, 3.05) is 13.1 Å². The van der Waals surface area contributed by atoms with Crippen LogP contribution in [0, 0.1) is 5.41 Å². The minimum absolute atomic E-state index is 0.131. The van der Waals surface area contributed by atoms with E-state index in [9.17, 15) is 4.79 Å². The molecule has 0 saturated heterocycles. The number of nitrogens with one attached hydrogen (secondary N) is 2. The molecule has 3 heteroatoms. The lowest BCUT2D eigenvalue weighted by molar-refractivity contribution is -0.121. The maximum atomic E-state index is 11.5. The predicted octanol–water partition coefficient (Wildman–Crippen LogP) is 1.29. The van der Waals surface area contributed by atoms with Crippen LogP contribution in [-0.2, 0) is 4.79 Å². The highest BCUT2D eigenvalue weighted by atomic mass is 16.2. The Hall–Kier alpha value is -0.570. The minimum Gasteiger partial charge on any atom is -0.352 e. The Balaban J connectivity index is 2.33. The third-order valence-electron chi connectivity index (χ3n) is 3.13. The number of likely N-dealkylation sites (N-methyl/N-ethyl adjacent to an activating group) is 1. The molecule has 0 spiro atoms. The molecule has 0 aromatic carbocycles. The van der Waals surface area contributed by atoms with Crippen LogP contribution in [0.3, 0.4) is 0 Å². The third-order valence-corrected chi connectivity index (χ3v) is 3.13. The van der Waals surface area contributed by atoms with Gasteiger partial charge in [0.25, 0.3) is 0 Å². The fourth-order valence-electron chi connectivity index (χ4n) is 2.08. The van der Waals surface area contributed by atoms with Crippen LogP contribution in [0.5, 0.6) is 0 Å². The molecule has 1 rings (SSSR count). The van der Waals surface area contributed by atoms with Crippen molar-refractivity contribution in [1.82, 2.24) is 10.6 Å². The highest BCUT2D eigenvalue weighted by Gasteiger charge is 2.35. The van der Waals surface area contributed by atoms with Crippen LogP contribution >= 0.6 is 0 Å². The summed E-state index contributed by atoms with van der Waals surface area (Å²) in [7, 11) is 0. The minimum atomic E-state index is 0.131. The maximum absolute atomic E-state index is 11.5. The summed E-state index contributed by atoms with van der Waals surface area (Å²) in [5.74, 6) is 0.131. The van der Waals surface area contributed by atoms with Crippen LogP contribution in [0.15, 0.2) is 0 Å². The number of carbonyl (C=O) groups is 1. The Kier molecular flexibility index (Phi) is 3.93. The van der Waals surface area contributed by atoms with Crippen molar-refractivity contribution in [3.8, 4) is 0 Å². The molecule has 1 atom stereocenters. The second kappa shape index (κ2) is 4.78. The van der Waals surface area contributed by atoms with Crippen LogP contribution in [0.25, 0.3) is 0 Å². The van der Waals surface area contributed by atoms with Gasteiger partial charge in [-0.2, -0.15) is 0 Å². The number of amides is 1. The zero-order chi connectivity index (χ0) is 10.6. The van der Waals surface area contributed by atoms with Gasteiger partial charge >= 0.3 is 0 Å². The summed E-state index contributed by atoms with van der Waals surface area (Å²) >= 11 is 0. The Labute approximate surface area is 86.6 Å². The molecule has 14 heavy (non-hydrogen) atoms. The molecule has 1 amide bonds. The zero-order valence-corrected chi connectivity index (χ0v) is 9.52. The molecular formula is C11H22N2O. The lowest BCUT2D eigenvalue weighted by Gasteiger charge is -2.27. The van der Waals surface area contributed by atoms with E-state index < -0.39 is 0 Å². The van der Waals surface area contributed by atoms with Gasteiger partial charge in [0.1, 0.15) is 0 Å². The fraction of sp³-hybridized carbons (Fsp3) is 0.909. The first-order chi connectivity index (χ1) is 6.56. The standard InChI is InChI=1S/C11H22N2O/c1-4-12-8-10(14)13-9-6-5-7-11(9,2)3/h9,12H,4-8H2,1-3H3,(H,13,14). The van der Waals surface area contributed by atoms with Gasteiger partial charge in [-0.15, -0.1) is 0 Å². The van der Waals surface area contributed by atoms with E-state index in [1.54, 1.807) is 0 Å². The van der Waals surface area contributed by atoms with Gasteiger partial charge in [-0.25, -0.2) is 0 Å². The van der Waals surface area contributed by atoms with E-state index in [-0.39, 0.29) is 11.3 Å². The topological polar surface area (TPSA) is 41.1 Å². The monoisotopic (exact) mass is 198 g/mol. The summed E-state index contributed by atoms with van der Waals surface area (Å²) in [4.78, 5) is 11.5. The van der Waals surface area contributed by atoms with Crippen molar-refractivity contribution < 1.29 is 4.79 Å². The van der Waals surface area contributed by atoms with Gasteiger partial charge in [0.15, 0.2) is 0 Å². The van der Waals surface area contributed by atoms with Crippen molar-refractivity contribution >= 4 is 5.91 Å². The van der Waals surface area contributed by atoms with Crippen molar-refractivity contribution in [2.45, 2.75) is 46.1 Å². The van der Waals surface area contributed by atoms with Gasteiger partial charge in [0, 0.05) is 6.04 Å². The Morgan fingerprint density at radius 2 is 2.21 bits per heavy atom. The zero-order valence-electron chi connectivity index (χ0n) is 9.52. The quantitative estimate of drug-likeness (QED) is 0.714. The molecule has 0 aromatic rings. The average Bonchev–Trinajstić information content (AvgIpc) is 2.43. The summed E-state index contributed by atoms with van der Waals surface area (Å²) < 4.78 is 0. The summed E-state index contributed by atoms with van der Waals surface area (Å²) in [5.41, 5.74) is 0.280. The largest absolute Gasteiger partial charge is 0.352 e. The molecule has 1 unspecified atom stereocenters. The third kappa shape index (κ3) is 2.98. The molecule has 1 fully saturated rings. The highest BCUT2D eigenvalue weighted by molar-refractivity contribution is 5.78. The molecule has 1 aliphatic carbocycles. The second-order valence-corrected chi connectivity index (χ2v) is 4.78. The van der Waals surface area contributed by atoms with Crippen LogP contribution in [0.1, 0.15) is 40.0 Å². The van der Waals surface area contributed by atoms with Crippen molar-refractivity contribution in [1.29, 1.82) is 0 Å². The van der Waals surface area contributed by atoms with E-state index in [0.717, 1.165) is 13.0 Å². The number of hydrogen-bond acceptors (Lipinski definition) is 2. The van der Waals surface area contributed by atoms with Crippen LogP contribution < -0.4 is 10.6 Å². The van der Waals surface area contributed by atoms with E-state index in [4.69, 9.17) is 0 Å².